The van der Waals surface area contributed by atoms with Gasteiger partial charge in [-0.05, 0) is 23.8 Å². The lowest BCUT2D eigenvalue weighted by Crippen LogP contribution is -2.37. The number of cyclic esters (lactones) is 1. The maximum absolute atomic E-state index is 12.4. The van der Waals surface area contributed by atoms with Gasteiger partial charge in [-0.3, -0.25) is 9.89 Å². The van der Waals surface area contributed by atoms with E-state index in [9.17, 15) is 9.59 Å². The van der Waals surface area contributed by atoms with Gasteiger partial charge < -0.3 is 15.8 Å². The maximum atomic E-state index is 12.4. The molecule has 1 unspecified atom stereocenters. The molecule has 0 spiro atoms. The van der Waals surface area contributed by atoms with E-state index in [1.165, 1.54) is 0 Å². The van der Waals surface area contributed by atoms with E-state index >= 15 is 0 Å². The molecule has 2 aromatic carbocycles. The molecule has 0 saturated heterocycles. The molecule has 0 bridgehead atoms. The highest BCUT2D eigenvalue weighted by Gasteiger charge is 2.21. The molecule has 4 rings (SSSR count). The predicted molar refractivity (Wildman–Crippen MR) is 96.8 cm³/mol. The number of benzene rings is 2. The summed E-state index contributed by atoms with van der Waals surface area (Å²) in [6, 6.07) is 12.1. The Kier molecular flexibility index (Phi) is 4.14. The standard InChI is InChI=1S/C19H18N4O3/c20-15(10-17-13-3-1-2-4-16(13)22-23-17)18(24)21-12-6-5-11-7-8-26-19(25)14(11)9-12/h1-6,9,15H,7-8,10,20H2,(H,21,24)(H,22,23). The number of carbonyl (C=O) groups is 2. The van der Waals surface area contributed by atoms with Gasteiger partial charge in [0.05, 0.1) is 23.7 Å². The zero-order chi connectivity index (χ0) is 18.1. The van der Waals surface area contributed by atoms with Crippen molar-refractivity contribution in [2.24, 2.45) is 5.73 Å². The Morgan fingerprint density at radius 3 is 3.04 bits per heavy atom. The Balaban J connectivity index is 1.48. The van der Waals surface area contributed by atoms with E-state index in [0.717, 1.165) is 22.2 Å². The molecule has 0 saturated carbocycles. The van der Waals surface area contributed by atoms with Crippen LogP contribution in [0.4, 0.5) is 5.69 Å². The van der Waals surface area contributed by atoms with Gasteiger partial charge in [0.1, 0.15) is 0 Å². The third-order valence-corrected chi connectivity index (χ3v) is 4.50. The fourth-order valence-electron chi connectivity index (χ4n) is 3.11. The fourth-order valence-corrected chi connectivity index (χ4v) is 3.11. The number of aromatic nitrogens is 2. The van der Waals surface area contributed by atoms with E-state index in [0.29, 0.717) is 30.7 Å². The highest BCUT2D eigenvalue weighted by atomic mass is 16.5. The molecular formula is C19H18N4O3. The minimum Gasteiger partial charge on any atom is -0.462 e. The van der Waals surface area contributed by atoms with Crippen LogP contribution in [0.3, 0.4) is 0 Å². The molecule has 26 heavy (non-hydrogen) atoms. The molecule has 132 valence electrons. The molecule has 1 amide bonds. The van der Waals surface area contributed by atoms with Crippen LogP contribution in [0.5, 0.6) is 0 Å². The topological polar surface area (TPSA) is 110 Å². The fraction of sp³-hybridized carbons (Fsp3) is 0.211. The maximum Gasteiger partial charge on any atom is 0.338 e. The Morgan fingerprint density at radius 2 is 2.15 bits per heavy atom. The summed E-state index contributed by atoms with van der Waals surface area (Å²) in [7, 11) is 0. The van der Waals surface area contributed by atoms with Crippen molar-refractivity contribution in [1.82, 2.24) is 10.2 Å². The van der Waals surface area contributed by atoms with E-state index in [2.05, 4.69) is 15.5 Å². The number of aromatic amines is 1. The second kappa shape index (κ2) is 6.61. The van der Waals surface area contributed by atoms with E-state index in [4.69, 9.17) is 10.5 Å². The van der Waals surface area contributed by atoms with E-state index in [1.54, 1.807) is 12.1 Å². The SMILES string of the molecule is NC(Cc1[nH]nc2ccccc12)C(=O)Nc1ccc2c(c1)C(=O)OCC2. The number of ether oxygens (including phenoxy) is 1. The number of rotatable bonds is 4. The van der Waals surface area contributed by atoms with Crippen LogP contribution in [0, 0.1) is 0 Å². The second-order valence-electron chi connectivity index (χ2n) is 6.28. The zero-order valence-electron chi connectivity index (χ0n) is 14.0. The van der Waals surface area contributed by atoms with Gasteiger partial charge in [-0.2, -0.15) is 5.10 Å². The summed E-state index contributed by atoms with van der Waals surface area (Å²) < 4.78 is 5.04. The molecule has 1 aliphatic rings. The molecule has 2 heterocycles. The Bertz CT molecular complexity index is 995. The summed E-state index contributed by atoms with van der Waals surface area (Å²) in [4.78, 5) is 24.3. The lowest BCUT2D eigenvalue weighted by molar-refractivity contribution is -0.117. The number of H-pyrrole nitrogens is 1. The normalized spacial score (nSPS) is 14.6. The minimum atomic E-state index is -0.748. The minimum absolute atomic E-state index is 0.326. The van der Waals surface area contributed by atoms with Crippen molar-refractivity contribution in [2.45, 2.75) is 18.9 Å². The van der Waals surface area contributed by atoms with Crippen molar-refractivity contribution < 1.29 is 14.3 Å². The van der Waals surface area contributed by atoms with Gasteiger partial charge in [-0.15, -0.1) is 0 Å². The number of fused-ring (bicyclic) bond motifs is 2. The smallest absolute Gasteiger partial charge is 0.338 e. The molecular weight excluding hydrogens is 332 g/mol. The van der Waals surface area contributed by atoms with Crippen LogP contribution in [0.1, 0.15) is 21.6 Å². The number of anilines is 1. The summed E-state index contributed by atoms with van der Waals surface area (Å²) in [5.41, 5.74) is 9.65. The van der Waals surface area contributed by atoms with Gasteiger partial charge in [-0.1, -0.05) is 24.3 Å². The van der Waals surface area contributed by atoms with Crippen LogP contribution >= 0.6 is 0 Å². The second-order valence-corrected chi connectivity index (χ2v) is 6.28. The lowest BCUT2D eigenvalue weighted by Gasteiger charge is -2.17. The molecule has 7 nitrogen and oxygen atoms in total. The Morgan fingerprint density at radius 1 is 1.31 bits per heavy atom. The molecule has 1 aliphatic heterocycles. The van der Waals surface area contributed by atoms with Crippen molar-refractivity contribution in [3.63, 3.8) is 0 Å². The molecule has 1 aromatic heterocycles. The van der Waals surface area contributed by atoms with Crippen LogP contribution in [0.25, 0.3) is 10.9 Å². The first-order valence-electron chi connectivity index (χ1n) is 8.40. The van der Waals surface area contributed by atoms with Crippen LogP contribution in [0.15, 0.2) is 42.5 Å². The number of hydrogen-bond donors (Lipinski definition) is 3. The summed E-state index contributed by atoms with van der Waals surface area (Å²) in [5.74, 6) is -0.691. The summed E-state index contributed by atoms with van der Waals surface area (Å²) in [5, 5.41) is 10.9. The van der Waals surface area contributed by atoms with Crippen molar-refractivity contribution in [3.8, 4) is 0 Å². The third kappa shape index (κ3) is 3.04. The number of hydrogen-bond acceptors (Lipinski definition) is 5. The zero-order valence-corrected chi connectivity index (χ0v) is 14.0. The van der Waals surface area contributed by atoms with Crippen LogP contribution in [-0.2, 0) is 22.4 Å². The number of nitrogens with zero attached hydrogens (tertiary/aromatic N) is 1. The molecule has 7 heteroatoms. The third-order valence-electron chi connectivity index (χ3n) is 4.50. The van der Waals surface area contributed by atoms with Crippen molar-refractivity contribution >= 4 is 28.5 Å². The average Bonchev–Trinajstić information content (AvgIpc) is 3.05. The van der Waals surface area contributed by atoms with Crippen LogP contribution in [-0.4, -0.2) is 34.7 Å². The number of nitrogens with one attached hydrogen (secondary N) is 2. The molecule has 4 N–H and O–H groups in total. The first kappa shape index (κ1) is 16.3. The van der Waals surface area contributed by atoms with Crippen molar-refractivity contribution in [3.05, 3.63) is 59.3 Å². The van der Waals surface area contributed by atoms with Crippen LogP contribution in [0.2, 0.25) is 0 Å². The first-order valence-corrected chi connectivity index (χ1v) is 8.40. The van der Waals surface area contributed by atoms with Crippen molar-refractivity contribution in [1.29, 1.82) is 0 Å². The van der Waals surface area contributed by atoms with Crippen LogP contribution < -0.4 is 11.1 Å². The highest BCUT2D eigenvalue weighted by molar-refractivity contribution is 5.98. The van der Waals surface area contributed by atoms with Gasteiger partial charge in [0.2, 0.25) is 5.91 Å². The average molecular weight is 350 g/mol. The number of nitrogens with two attached hydrogens (primary N) is 1. The summed E-state index contributed by atoms with van der Waals surface area (Å²) in [6.07, 6.45) is 1.01. The Labute approximate surface area is 149 Å². The lowest BCUT2D eigenvalue weighted by atomic mass is 10.0. The largest absolute Gasteiger partial charge is 0.462 e. The van der Waals surface area contributed by atoms with Gasteiger partial charge in [0.25, 0.3) is 0 Å². The first-order chi connectivity index (χ1) is 12.6. The summed E-state index contributed by atoms with van der Waals surface area (Å²) >= 11 is 0. The number of carbonyl (C=O) groups excluding carboxylic acids is 2. The van der Waals surface area contributed by atoms with Gasteiger partial charge >= 0.3 is 5.97 Å². The van der Waals surface area contributed by atoms with E-state index in [-0.39, 0.29) is 11.9 Å². The van der Waals surface area contributed by atoms with Gasteiger partial charge in [-0.25, -0.2) is 4.79 Å². The monoisotopic (exact) mass is 350 g/mol. The van der Waals surface area contributed by atoms with Crippen molar-refractivity contribution in [2.75, 3.05) is 11.9 Å². The number of amides is 1. The quantitative estimate of drug-likeness (QED) is 0.621. The summed E-state index contributed by atoms with van der Waals surface area (Å²) in [6.45, 7) is 0.389. The highest BCUT2D eigenvalue weighted by Crippen LogP contribution is 2.21. The molecule has 1 atom stereocenters. The molecule has 0 fully saturated rings. The van der Waals surface area contributed by atoms with E-state index in [1.807, 2.05) is 30.3 Å². The Hall–Kier alpha value is -3.19. The predicted octanol–water partition coefficient (Wildman–Crippen LogP) is 1.78. The molecule has 3 aromatic rings. The number of esters is 1. The van der Waals surface area contributed by atoms with Gasteiger partial charge in [0, 0.05) is 29.6 Å². The molecule has 0 aliphatic carbocycles. The van der Waals surface area contributed by atoms with E-state index < -0.39 is 6.04 Å². The van der Waals surface area contributed by atoms with Gasteiger partial charge in [0.15, 0.2) is 0 Å². The number of para-hydroxylation sites is 1. The molecule has 0 radical (unpaired) electrons.